The molecule has 3 nitrogen and oxygen atoms in total. The molecule has 0 spiro atoms. The van der Waals surface area contributed by atoms with E-state index in [1.165, 1.54) is 6.07 Å². The van der Waals surface area contributed by atoms with Crippen molar-refractivity contribution in [2.45, 2.75) is 25.4 Å². The third-order valence-corrected chi connectivity index (χ3v) is 3.34. The number of hydrogen-bond acceptors (Lipinski definition) is 3. The van der Waals surface area contributed by atoms with E-state index in [9.17, 15) is 9.18 Å². The van der Waals surface area contributed by atoms with Crippen molar-refractivity contribution in [2.24, 2.45) is 5.73 Å². The number of amides is 1. The van der Waals surface area contributed by atoms with Crippen molar-refractivity contribution >= 4 is 17.7 Å². The van der Waals surface area contributed by atoms with Crippen LogP contribution in [0.2, 0.25) is 0 Å². The molecular weight excluding hydrogens is 251 g/mol. The first kappa shape index (κ1) is 15.0. The molecule has 0 bridgehead atoms. The van der Waals surface area contributed by atoms with Crippen LogP contribution in [0, 0.1) is 5.82 Å². The summed E-state index contributed by atoms with van der Waals surface area (Å²) in [5.74, 6) is 0.283. The van der Waals surface area contributed by atoms with Crippen molar-refractivity contribution in [3.8, 4) is 0 Å². The van der Waals surface area contributed by atoms with E-state index < -0.39 is 6.04 Å². The zero-order valence-electron chi connectivity index (χ0n) is 10.7. The number of hydrogen-bond donors (Lipinski definition) is 2. The minimum atomic E-state index is -0.535. The summed E-state index contributed by atoms with van der Waals surface area (Å²) in [7, 11) is 0. The minimum absolute atomic E-state index is 0.236. The Kier molecular flexibility index (Phi) is 6.15. The molecule has 1 amide bonds. The van der Waals surface area contributed by atoms with Crippen molar-refractivity contribution in [3.05, 3.63) is 35.6 Å². The summed E-state index contributed by atoms with van der Waals surface area (Å²) in [6.07, 6.45) is 2.59. The van der Waals surface area contributed by atoms with Crippen LogP contribution < -0.4 is 11.1 Å². The fourth-order valence-electron chi connectivity index (χ4n) is 1.60. The lowest BCUT2D eigenvalue weighted by molar-refractivity contribution is -0.123. The first-order valence-electron chi connectivity index (χ1n) is 5.85. The zero-order chi connectivity index (χ0) is 13.5. The van der Waals surface area contributed by atoms with Crippen LogP contribution in [0.4, 0.5) is 4.39 Å². The molecule has 1 unspecified atom stereocenters. The maximum absolute atomic E-state index is 13.5. The molecule has 0 aliphatic heterocycles. The summed E-state index contributed by atoms with van der Waals surface area (Å²) in [6, 6.07) is 5.50. The normalized spacial score (nSPS) is 14.0. The second-order valence-electron chi connectivity index (χ2n) is 4.14. The van der Waals surface area contributed by atoms with Crippen molar-refractivity contribution in [3.63, 3.8) is 0 Å². The number of nitrogens with two attached hydrogens (primary N) is 1. The molecule has 1 rings (SSSR count). The Bertz CT molecular complexity index is 400. The van der Waals surface area contributed by atoms with Crippen LogP contribution >= 0.6 is 11.8 Å². The summed E-state index contributed by atoms with van der Waals surface area (Å²) in [5, 5.41) is 2.73. The van der Waals surface area contributed by atoms with E-state index in [4.69, 9.17) is 5.73 Å². The van der Waals surface area contributed by atoms with E-state index in [0.29, 0.717) is 12.0 Å². The number of halogens is 1. The van der Waals surface area contributed by atoms with Gasteiger partial charge in [-0.3, -0.25) is 4.79 Å². The summed E-state index contributed by atoms with van der Waals surface area (Å²) in [6.45, 7) is 1.75. The molecule has 0 aliphatic rings. The van der Waals surface area contributed by atoms with Crippen LogP contribution in [0.3, 0.4) is 0 Å². The average Bonchev–Trinajstić information content (AvgIpc) is 2.36. The Balaban J connectivity index is 2.57. The quantitative estimate of drug-likeness (QED) is 0.832. The summed E-state index contributed by atoms with van der Waals surface area (Å²) < 4.78 is 13.5. The molecule has 0 aliphatic carbocycles. The fraction of sp³-hybridized carbons (Fsp3) is 0.462. The first-order valence-corrected chi connectivity index (χ1v) is 7.25. The smallest absolute Gasteiger partial charge is 0.237 e. The van der Waals surface area contributed by atoms with E-state index >= 15 is 0 Å². The summed E-state index contributed by atoms with van der Waals surface area (Å²) >= 11 is 1.65. The largest absolute Gasteiger partial charge is 0.348 e. The Morgan fingerprint density at radius 3 is 2.78 bits per heavy atom. The van der Waals surface area contributed by atoms with Crippen molar-refractivity contribution in [1.29, 1.82) is 0 Å². The van der Waals surface area contributed by atoms with E-state index in [1.54, 1.807) is 36.9 Å². The highest BCUT2D eigenvalue weighted by Gasteiger charge is 2.17. The fourth-order valence-corrected chi connectivity index (χ4v) is 2.09. The highest BCUT2D eigenvalue weighted by Crippen LogP contribution is 2.16. The van der Waals surface area contributed by atoms with Gasteiger partial charge in [0.1, 0.15) is 5.82 Å². The molecule has 0 saturated carbocycles. The van der Waals surface area contributed by atoms with Crippen molar-refractivity contribution in [2.75, 3.05) is 12.0 Å². The molecule has 100 valence electrons. The third kappa shape index (κ3) is 4.31. The third-order valence-electron chi connectivity index (χ3n) is 2.70. The Labute approximate surface area is 111 Å². The summed E-state index contributed by atoms with van der Waals surface area (Å²) in [5.41, 5.74) is 6.22. The Hall–Kier alpha value is -1.07. The number of carbonyl (C=O) groups excluding carboxylic acids is 1. The van der Waals surface area contributed by atoms with Gasteiger partial charge in [-0.2, -0.15) is 11.8 Å². The van der Waals surface area contributed by atoms with Gasteiger partial charge in [-0.05, 0) is 31.4 Å². The van der Waals surface area contributed by atoms with Gasteiger partial charge in [-0.1, -0.05) is 18.2 Å². The van der Waals surface area contributed by atoms with Crippen LogP contribution in [-0.2, 0) is 4.79 Å². The molecule has 1 aromatic rings. The average molecular weight is 270 g/mol. The molecule has 2 atom stereocenters. The molecule has 0 fully saturated rings. The van der Waals surface area contributed by atoms with Gasteiger partial charge >= 0.3 is 0 Å². The molecular formula is C13H19FN2OS. The molecule has 0 heterocycles. The second kappa shape index (κ2) is 7.38. The maximum atomic E-state index is 13.5. The van der Waals surface area contributed by atoms with Gasteiger partial charge in [0.05, 0.1) is 12.1 Å². The topological polar surface area (TPSA) is 55.1 Å². The second-order valence-corrected chi connectivity index (χ2v) is 5.13. The lowest BCUT2D eigenvalue weighted by Gasteiger charge is -2.18. The number of rotatable bonds is 6. The Morgan fingerprint density at radius 2 is 2.17 bits per heavy atom. The standard InChI is InChI=1S/C13H19FN2OS/c1-9(10-5-3-4-6-11(10)14)16-13(17)12(15)7-8-18-2/h3-6,9,12H,7-8,15H2,1-2H3,(H,16,17)/t9?,12-/m1/s1. The molecule has 5 heteroatoms. The first-order chi connectivity index (χ1) is 8.56. The van der Waals surface area contributed by atoms with E-state index in [0.717, 1.165) is 5.75 Å². The van der Waals surface area contributed by atoms with Crippen LogP contribution in [0.1, 0.15) is 24.9 Å². The lowest BCUT2D eigenvalue weighted by atomic mass is 10.1. The van der Waals surface area contributed by atoms with E-state index in [2.05, 4.69) is 5.32 Å². The SMILES string of the molecule is CSCC[C@@H](N)C(=O)NC(C)c1ccccc1F. The Morgan fingerprint density at radius 1 is 1.50 bits per heavy atom. The number of benzene rings is 1. The number of thioether (sulfide) groups is 1. The van der Waals surface area contributed by atoms with Crippen LogP contribution in [0.5, 0.6) is 0 Å². The lowest BCUT2D eigenvalue weighted by Crippen LogP contribution is -2.42. The molecule has 0 aromatic heterocycles. The predicted octanol–water partition coefficient (Wildman–Crippen LogP) is 2.08. The van der Waals surface area contributed by atoms with E-state index in [-0.39, 0.29) is 17.8 Å². The van der Waals surface area contributed by atoms with Gasteiger partial charge in [0.2, 0.25) is 5.91 Å². The highest BCUT2D eigenvalue weighted by atomic mass is 32.2. The zero-order valence-corrected chi connectivity index (χ0v) is 11.5. The van der Waals surface area contributed by atoms with Crippen LogP contribution in [0.15, 0.2) is 24.3 Å². The van der Waals surface area contributed by atoms with Gasteiger partial charge in [-0.25, -0.2) is 4.39 Å². The van der Waals surface area contributed by atoms with E-state index in [1.807, 2.05) is 6.26 Å². The van der Waals surface area contributed by atoms with Gasteiger partial charge in [-0.15, -0.1) is 0 Å². The maximum Gasteiger partial charge on any atom is 0.237 e. The molecule has 1 aromatic carbocycles. The monoisotopic (exact) mass is 270 g/mol. The molecule has 0 radical (unpaired) electrons. The van der Waals surface area contributed by atoms with Gasteiger partial charge in [0.25, 0.3) is 0 Å². The highest BCUT2D eigenvalue weighted by molar-refractivity contribution is 7.98. The summed E-state index contributed by atoms with van der Waals surface area (Å²) in [4.78, 5) is 11.8. The van der Waals surface area contributed by atoms with Crippen LogP contribution in [-0.4, -0.2) is 24.0 Å². The van der Waals surface area contributed by atoms with Crippen molar-refractivity contribution in [1.82, 2.24) is 5.32 Å². The molecule has 0 saturated heterocycles. The van der Waals surface area contributed by atoms with Crippen LogP contribution in [0.25, 0.3) is 0 Å². The molecule has 18 heavy (non-hydrogen) atoms. The number of nitrogens with one attached hydrogen (secondary N) is 1. The molecule has 3 N–H and O–H groups in total. The van der Waals surface area contributed by atoms with Gasteiger partial charge in [0.15, 0.2) is 0 Å². The minimum Gasteiger partial charge on any atom is -0.348 e. The van der Waals surface area contributed by atoms with Gasteiger partial charge in [0, 0.05) is 5.56 Å². The predicted molar refractivity (Wildman–Crippen MR) is 73.9 cm³/mol. The van der Waals surface area contributed by atoms with Crippen molar-refractivity contribution < 1.29 is 9.18 Å². The number of carbonyl (C=O) groups is 1. The van der Waals surface area contributed by atoms with Gasteiger partial charge < -0.3 is 11.1 Å².